The summed E-state index contributed by atoms with van der Waals surface area (Å²) in [5.74, 6) is 1.70. The third kappa shape index (κ3) is 3.65. The molecular weight excluding hydrogens is 341 g/mol. The molecule has 0 spiro atoms. The van der Waals surface area contributed by atoms with Crippen molar-refractivity contribution in [1.29, 1.82) is 0 Å². The fourth-order valence-corrected chi connectivity index (χ4v) is 3.59. The third-order valence-corrected chi connectivity index (χ3v) is 5.38. The molecule has 0 atom stereocenters. The van der Waals surface area contributed by atoms with Crippen molar-refractivity contribution in [3.8, 4) is 0 Å². The number of thioether (sulfide) groups is 1. The number of aromatic nitrogens is 3. The van der Waals surface area contributed by atoms with Crippen LogP contribution in [0.2, 0.25) is 10.0 Å². The Bertz CT molecular complexity index is 683. The summed E-state index contributed by atoms with van der Waals surface area (Å²) in [6, 6.07) is 4.90. The Hall–Kier alpha value is -1.04. The van der Waals surface area contributed by atoms with Crippen LogP contribution in [0.15, 0.2) is 23.4 Å². The highest BCUT2D eigenvalue weighted by atomic mass is 35.5. The fourth-order valence-electron chi connectivity index (χ4n) is 2.59. The van der Waals surface area contributed by atoms with Crippen LogP contribution in [0.3, 0.4) is 0 Å². The maximum Gasteiger partial charge on any atom is 0.208 e. The predicted molar refractivity (Wildman–Crippen MR) is 89.1 cm³/mol. The van der Waals surface area contributed by atoms with Crippen molar-refractivity contribution < 1.29 is 4.79 Å². The van der Waals surface area contributed by atoms with Gasteiger partial charge in [-0.15, -0.1) is 5.10 Å². The lowest BCUT2D eigenvalue weighted by Gasteiger charge is -2.02. The van der Waals surface area contributed by atoms with Crippen molar-refractivity contribution in [2.45, 2.75) is 36.8 Å². The molecule has 1 heterocycles. The maximum absolute atomic E-state index is 12.2. The lowest BCUT2D eigenvalue weighted by atomic mass is 10.1. The number of carbonyl (C=O) groups excluding carboxylic acids is 1. The molecule has 0 radical (unpaired) electrons. The molecule has 1 aromatic carbocycles. The molecule has 1 fully saturated rings. The molecule has 1 aliphatic carbocycles. The second-order valence-electron chi connectivity index (χ2n) is 5.33. The second-order valence-corrected chi connectivity index (χ2v) is 7.08. The number of hydrogen-bond donors (Lipinski definition) is 1. The average Bonchev–Trinajstić information content (AvgIpc) is 3.18. The van der Waals surface area contributed by atoms with Gasteiger partial charge in [-0.2, -0.15) is 0 Å². The predicted octanol–water partition coefficient (Wildman–Crippen LogP) is 4.74. The third-order valence-electron chi connectivity index (χ3n) is 3.80. The van der Waals surface area contributed by atoms with Crippen molar-refractivity contribution in [2.24, 2.45) is 0 Å². The Balaban J connectivity index is 1.59. The van der Waals surface area contributed by atoms with E-state index in [-0.39, 0.29) is 11.5 Å². The number of rotatable bonds is 5. The number of nitrogens with zero attached hydrogens (tertiary/aromatic N) is 2. The lowest BCUT2D eigenvalue weighted by Crippen LogP contribution is -2.02. The Kier molecular flexibility index (Phi) is 5.06. The quantitative estimate of drug-likeness (QED) is 0.621. The molecule has 22 heavy (non-hydrogen) atoms. The van der Waals surface area contributed by atoms with Crippen LogP contribution in [0.25, 0.3) is 0 Å². The van der Waals surface area contributed by atoms with Crippen LogP contribution in [0, 0.1) is 0 Å². The number of ketones is 1. The monoisotopic (exact) mass is 355 g/mol. The zero-order chi connectivity index (χ0) is 15.5. The fraction of sp³-hybridized carbons (Fsp3) is 0.400. The zero-order valence-corrected chi connectivity index (χ0v) is 14.1. The summed E-state index contributed by atoms with van der Waals surface area (Å²) < 4.78 is 0. The van der Waals surface area contributed by atoms with E-state index in [1.54, 1.807) is 18.2 Å². The number of benzene rings is 1. The van der Waals surface area contributed by atoms with Gasteiger partial charge < -0.3 is 0 Å². The van der Waals surface area contributed by atoms with Gasteiger partial charge in [-0.3, -0.25) is 9.89 Å². The number of Topliss-reactive ketones (excluding diaryl/α,β-unsaturated/α-hetero) is 1. The topological polar surface area (TPSA) is 58.6 Å². The van der Waals surface area contributed by atoms with E-state index in [0.29, 0.717) is 26.7 Å². The van der Waals surface area contributed by atoms with Gasteiger partial charge in [0.2, 0.25) is 5.16 Å². The van der Waals surface area contributed by atoms with E-state index in [9.17, 15) is 4.79 Å². The van der Waals surface area contributed by atoms with Crippen LogP contribution in [0.4, 0.5) is 0 Å². The Morgan fingerprint density at radius 3 is 2.77 bits per heavy atom. The number of hydrogen-bond acceptors (Lipinski definition) is 4. The van der Waals surface area contributed by atoms with Crippen molar-refractivity contribution >= 4 is 40.7 Å². The van der Waals surface area contributed by atoms with Crippen LogP contribution in [0.1, 0.15) is 47.8 Å². The molecule has 2 aromatic rings. The summed E-state index contributed by atoms with van der Waals surface area (Å²) in [6.07, 6.45) is 4.84. The molecule has 116 valence electrons. The van der Waals surface area contributed by atoms with E-state index in [1.807, 2.05) is 0 Å². The highest BCUT2D eigenvalue weighted by molar-refractivity contribution is 7.99. The summed E-state index contributed by atoms with van der Waals surface area (Å²) >= 11 is 13.1. The van der Waals surface area contributed by atoms with E-state index < -0.39 is 0 Å². The molecule has 1 aliphatic rings. The van der Waals surface area contributed by atoms with Crippen LogP contribution in [0.5, 0.6) is 0 Å². The molecule has 1 aromatic heterocycles. The van der Waals surface area contributed by atoms with Crippen molar-refractivity contribution in [1.82, 2.24) is 15.2 Å². The van der Waals surface area contributed by atoms with Crippen LogP contribution < -0.4 is 0 Å². The van der Waals surface area contributed by atoms with Crippen molar-refractivity contribution in [2.75, 3.05) is 5.75 Å². The molecule has 0 unspecified atom stereocenters. The van der Waals surface area contributed by atoms with Gasteiger partial charge in [-0.1, -0.05) is 47.8 Å². The summed E-state index contributed by atoms with van der Waals surface area (Å²) in [7, 11) is 0. The summed E-state index contributed by atoms with van der Waals surface area (Å²) in [5.41, 5.74) is 0.549. The molecule has 0 bridgehead atoms. The van der Waals surface area contributed by atoms with Crippen LogP contribution >= 0.6 is 35.0 Å². The highest BCUT2D eigenvalue weighted by Gasteiger charge is 2.21. The number of H-pyrrole nitrogens is 1. The molecule has 1 N–H and O–H groups in total. The number of aromatic amines is 1. The van der Waals surface area contributed by atoms with Gasteiger partial charge in [0.05, 0.1) is 15.8 Å². The minimum absolute atomic E-state index is 0.0178. The number of halogens is 2. The largest absolute Gasteiger partial charge is 0.293 e. The minimum Gasteiger partial charge on any atom is -0.293 e. The smallest absolute Gasteiger partial charge is 0.208 e. The van der Waals surface area contributed by atoms with Gasteiger partial charge >= 0.3 is 0 Å². The first-order valence-corrected chi connectivity index (χ1v) is 8.91. The van der Waals surface area contributed by atoms with E-state index >= 15 is 0 Å². The molecule has 0 saturated heterocycles. The molecule has 0 aliphatic heterocycles. The van der Waals surface area contributed by atoms with E-state index in [1.165, 1.54) is 37.4 Å². The van der Waals surface area contributed by atoms with Gasteiger partial charge in [0.25, 0.3) is 0 Å². The Morgan fingerprint density at radius 1 is 1.27 bits per heavy atom. The van der Waals surface area contributed by atoms with E-state index in [2.05, 4.69) is 15.2 Å². The normalized spacial score (nSPS) is 15.4. The lowest BCUT2D eigenvalue weighted by molar-refractivity contribution is 0.102. The van der Waals surface area contributed by atoms with Crippen LogP contribution in [-0.2, 0) is 0 Å². The summed E-state index contributed by atoms with van der Waals surface area (Å²) in [4.78, 5) is 16.6. The van der Waals surface area contributed by atoms with Crippen LogP contribution in [-0.4, -0.2) is 26.7 Å². The summed E-state index contributed by atoms with van der Waals surface area (Å²) in [6.45, 7) is 0. The molecular formula is C15H15Cl2N3OS. The van der Waals surface area contributed by atoms with E-state index in [0.717, 1.165) is 5.82 Å². The van der Waals surface area contributed by atoms with Crippen molar-refractivity contribution in [3.63, 3.8) is 0 Å². The first kappa shape index (κ1) is 15.8. The molecule has 3 rings (SSSR count). The number of nitrogens with one attached hydrogen (secondary N) is 1. The number of carbonyl (C=O) groups is 1. The Morgan fingerprint density at radius 2 is 2.05 bits per heavy atom. The van der Waals surface area contributed by atoms with Gasteiger partial charge in [0.15, 0.2) is 5.78 Å². The first-order valence-electron chi connectivity index (χ1n) is 7.17. The molecule has 4 nitrogen and oxygen atoms in total. The van der Waals surface area contributed by atoms with Gasteiger partial charge in [-0.05, 0) is 31.0 Å². The van der Waals surface area contributed by atoms with Gasteiger partial charge in [0, 0.05) is 11.5 Å². The first-order chi connectivity index (χ1) is 10.6. The highest BCUT2D eigenvalue weighted by Crippen LogP contribution is 2.32. The van der Waals surface area contributed by atoms with Crippen molar-refractivity contribution in [3.05, 3.63) is 39.6 Å². The zero-order valence-electron chi connectivity index (χ0n) is 11.8. The molecule has 7 heteroatoms. The molecule has 1 saturated carbocycles. The molecule has 0 amide bonds. The Labute approximate surface area is 143 Å². The van der Waals surface area contributed by atoms with Gasteiger partial charge in [0.1, 0.15) is 5.82 Å². The average molecular weight is 356 g/mol. The SMILES string of the molecule is O=C(CSc1n[nH]c(C2CCCC2)n1)c1ccc(Cl)c(Cl)c1. The van der Waals surface area contributed by atoms with Gasteiger partial charge in [-0.25, -0.2) is 4.98 Å². The minimum atomic E-state index is -0.0178. The standard InChI is InChI=1S/C15H15Cl2N3OS/c16-11-6-5-10(7-12(11)17)13(21)8-22-15-18-14(19-20-15)9-3-1-2-4-9/h5-7,9H,1-4,8H2,(H,18,19,20). The summed E-state index contributed by atoms with van der Waals surface area (Å²) in [5, 5.41) is 8.64. The maximum atomic E-state index is 12.2. The van der Waals surface area contributed by atoms with E-state index in [4.69, 9.17) is 23.2 Å². The second kappa shape index (κ2) is 7.02.